The van der Waals surface area contributed by atoms with E-state index in [1.807, 2.05) is 18.2 Å². The van der Waals surface area contributed by atoms with Crippen molar-refractivity contribution in [2.75, 3.05) is 11.9 Å². The lowest BCUT2D eigenvalue weighted by atomic mass is 10.1. The van der Waals surface area contributed by atoms with Crippen molar-refractivity contribution in [3.8, 4) is 0 Å². The van der Waals surface area contributed by atoms with E-state index in [1.165, 1.54) is 0 Å². The zero-order chi connectivity index (χ0) is 11.0. The summed E-state index contributed by atoms with van der Waals surface area (Å²) in [6, 6.07) is 5.66. The minimum Gasteiger partial charge on any atom is -0.388 e. The van der Waals surface area contributed by atoms with E-state index in [2.05, 4.69) is 10.3 Å². The van der Waals surface area contributed by atoms with E-state index >= 15 is 0 Å². The van der Waals surface area contributed by atoms with E-state index in [9.17, 15) is 5.11 Å². The van der Waals surface area contributed by atoms with Crippen LogP contribution in [0.25, 0.3) is 0 Å². The van der Waals surface area contributed by atoms with Crippen LogP contribution in [0.5, 0.6) is 0 Å². The first kappa shape index (κ1) is 10.0. The lowest BCUT2D eigenvalue weighted by molar-refractivity contribution is -0.00959. The third-order valence-electron chi connectivity index (χ3n) is 2.97. The van der Waals surface area contributed by atoms with Crippen LogP contribution in [0.1, 0.15) is 6.42 Å². The fourth-order valence-corrected chi connectivity index (χ4v) is 2.20. The van der Waals surface area contributed by atoms with Gasteiger partial charge < -0.3 is 19.9 Å². The molecule has 5 heteroatoms. The predicted octanol–water partition coefficient (Wildman–Crippen LogP) is 0.368. The Morgan fingerprint density at radius 1 is 1.44 bits per heavy atom. The summed E-state index contributed by atoms with van der Waals surface area (Å²) in [5.41, 5.74) is 0. The van der Waals surface area contributed by atoms with Crippen LogP contribution in [0.15, 0.2) is 24.4 Å². The first-order chi connectivity index (χ1) is 7.83. The normalized spacial score (nSPS) is 37.3. The average Bonchev–Trinajstić information content (AvgIpc) is 2.83. The Labute approximate surface area is 93.4 Å². The number of aromatic nitrogens is 1. The van der Waals surface area contributed by atoms with Crippen LogP contribution in [0.3, 0.4) is 0 Å². The van der Waals surface area contributed by atoms with Gasteiger partial charge in [0, 0.05) is 12.6 Å². The third kappa shape index (κ3) is 1.77. The second-order valence-corrected chi connectivity index (χ2v) is 4.12. The monoisotopic (exact) mass is 222 g/mol. The Morgan fingerprint density at radius 3 is 3.12 bits per heavy atom. The van der Waals surface area contributed by atoms with E-state index in [1.54, 1.807) is 6.20 Å². The van der Waals surface area contributed by atoms with Gasteiger partial charge in [0.2, 0.25) is 0 Å². The highest BCUT2D eigenvalue weighted by atomic mass is 16.6. The van der Waals surface area contributed by atoms with E-state index in [4.69, 9.17) is 9.47 Å². The van der Waals surface area contributed by atoms with Gasteiger partial charge in [0.05, 0.1) is 12.7 Å². The number of hydrogen-bond donors (Lipinski definition) is 2. The minimum absolute atomic E-state index is 0.0104. The molecule has 0 saturated carbocycles. The molecule has 16 heavy (non-hydrogen) atoms. The maximum absolute atomic E-state index is 9.59. The van der Waals surface area contributed by atoms with Crippen LogP contribution >= 0.6 is 0 Å². The molecule has 4 atom stereocenters. The summed E-state index contributed by atoms with van der Waals surface area (Å²) >= 11 is 0. The van der Waals surface area contributed by atoms with Crippen LogP contribution in [0, 0.1) is 0 Å². The summed E-state index contributed by atoms with van der Waals surface area (Å²) in [6.07, 6.45) is 1.67. The number of pyridine rings is 1. The van der Waals surface area contributed by atoms with Crippen molar-refractivity contribution >= 4 is 5.82 Å². The van der Waals surface area contributed by atoms with Crippen molar-refractivity contribution in [2.24, 2.45) is 0 Å². The number of nitrogens with one attached hydrogen (secondary N) is 1. The average molecular weight is 222 g/mol. The van der Waals surface area contributed by atoms with Crippen molar-refractivity contribution in [1.82, 2.24) is 4.98 Å². The van der Waals surface area contributed by atoms with Gasteiger partial charge in [-0.05, 0) is 12.1 Å². The Morgan fingerprint density at radius 2 is 2.38 bits per heavy atom. The van der Waals surface area contributed by atoms with Gasteiger partial charge in [-0.25, -0.2) is 4.98 Å². The summed E-state index contributed by atoms with van der Waals surface area (Å²) in [5.74, 6) is 0.780. The predicted molar refractivity (Wildman–Crippen MR) is 56.9 cm³/mol. The van der Waals surface area contributed by atoms with Gasteiger partial charge in [-0.15, -0.1) is 0 Å². The lowest BCUT2D eigenvalue weighted by Crippen LogP contribution is -2.29. The van der Waals surface area contributed by atoms with Crippen molar-refractivity contribution < 1.29 is 14.6 Å². The second-order valence-electron chi connectivity index (χ2n) is 4.12. The van der Waals surface area contributed by atoms with Crippen molar-refractivity contribution in [1.29, 1.82) is 0 Å². The molecule has 2 fully saturated rings. The zero-order valence-corrected chi connectivity index (χ0v) is 8.74. The number of nitrogens with zero attached hydrogens (tertiary/aromatic N) is 1. The molecule has 0 unspecified atom stereocenters. The summed E-state index contributed by atoms with van der Waals surface area (Å²) < 4.78 is 11.1. The molecule has 2 saturated heterocycles. The Kier molecular flexibility index (Phi) is 2.51. The molecule has 0 radical (unpaired) electrons. The van der Waals surface area contributed by atoms with Crippen LogP contribution in [-0.2, 0) is 9.47 Å². The van der Waals surface area contributed by atoms with Crippen LogP contribution < -0.4 is 5.32 Å². The topological polar surface area (TPSA) is 63.6 Å². The van der Waals surface area contributed by atoms with Gasteiger partial charge in [-0.1, -0.05) is 6.07 Å². The van der Waals surface area contributed by atoms with Gasteiger partial charge in [0.15, 0.2) is 0 Å². The molecule has 5 nitrogen and oxygen atoms in total. The molecular weight excluding hydrogens is 208 g/mol. The largest absolute Gasteiger partial charge is 0.388 e. The Balaban J connectivity index is 1.63. The van der Waals surface area contributed by atoms with Gasteiger partial charge in [0.1, 0.15) is 24.3 Å². The highest BCUT2D eigenvalue weighted by molar-refractivity contribution is 5.34. The maximum Gasteiger partial charge on any atom is 0.132 e. The first-order valence-corrected chi connectivity index (χ1v) is 5.45. The maximum atomic E-state index is 9.59. The number of fused-ring (bicyclic) bond motifs is 1. The fourth-order valence-electron chi connectivity index (χ4n) is 2.20. The van der Waals surface area contributed by atoms with E-state index in [-0.39, 0.29) is 18.4 Å². The Bertz CT molecular complexity index is 360. The summed E-state index contributed by atoms with van der Waals surface area (Å²) in [6.45, 7) is 0.381. The SMILES string of the molecule is O[C@@H]1CO[C@@H]2C[C@@H](Nc3ccccn3)O[C@H]12. The molecule has 3 rings (SSSR count). The highest BCUT2D eigenvalue weighted by Crippen LogP contribution is 2.30. The smallest absolute Gasteiger partial charge is 0.132 e. The Hall–Kier alpha value is -1.17. The number of hydrogen-bond acceptors (Lipinski definition) is 5. The third-order valence-corrected chi connectivity index (χ3v) is 2.97. The highest BCUT2D eigenvalue weighted by Gasteiger charge is 2.45. The van der Waals surface area contributed by atoms with Gasteiger partial charge in [-0.2, -0.15) is 0 Å². The quantitative estimate of drug-likeness (QED) is 0.757. The molecule has 2 aliphatic heterocycles. The molecule has 0 bridgehead atoms. The lowest BCUT2D eigenvalue weighted by Gasteiger charge is -2.16. The second kappa shape index (κ2) is 4.01. The summed E-state index contributed by atoms with van der Waals surface area (Å²) in [4.78, 5) is 4.16. The number of aliphatic hydroxyl groups is 1. The van der Waals surface area contributed by atoms with E-state index < -0.39 is 6.10 Å². The van der Waals surface area contributed by atoms with Crippen LogP contribution in [0.2, 0.25) is 0 Å². The van der Waals surface area contributed by atoms with Crippen LogP contribution in [-0.4, -0.2) is 41.2 Å². The molecule has 0 amide bonds. The fraction of sp³-hybridized carbons (Fsp3) is 0.545. The van der Waals surface area contributed by atoms with Crippen molar-refractivity contribution in [2.45, 2.75) is 31.0 Å². The minimum atomic E-state index is -0.500. The first-order valence-electron chi connectivity index (χ1n) is 5.45. The number of ether oxygens (including phenoxy) is 2. The molecule has 2 aliphatic rings. The van der Waals surface area contributed by atoms with Gasteiger partial charge in [-0.3, -0.25) is 0 Å². The molecule has 3 heterocycles. The molecule has 0 aliphatic carbocycles. The molecule has 0 spiro atoms. The molecule has 1 aromatic rings. The van der Waals surface area contributed by atoms with Gasteiger partial charge >= 0.3 is 0 Å². The van der Waals surface area contributed by atoms with E-state index in [0.717, 1.165) is 12.2 Å². The molecule has 2 N–H and O–H groups in total. The van der Waals surface area contributed by atoms with E-state index in [0.29, 0.717) is 6.61 Å². The van der Waals surface area contributed by atoms with Gasteiger partial charge in [0.25, 0.3) is 0 Å². The van der Waals surface area contributed by atoms with Crippen molar-refractivity contribution in [3.05, 3.63) is 24.4 Å². The molecule has 1 aromatic heterocycles. The standard InChI is InChI=1S/C11H14N2O3/c14-7-6-15-8-5-10(16-11(7)8)13-9-3-1-2-4-12-9/h1-4,7-8,10-11,14H,5-6H2,(H,12,13)/t7-,8-,10+,11-/m1/s1. The zero-order valence-electron chi connectivity index (χ0n) is 8.74. The summed E-state index contributed by atoms with van der Waals surface area (Å²) in [5, 5.41) is 12.8. The number of aliphatic hydroxyl groups excluding tert-OH is 1. The van der Waals surface area contributed by atoms with Crippen LogP contribution in [0.4, 0.5) is 5.82 Å². The molecule has 86 valence electrons. The number of rotatable bonds is 2. The molecular formula is C11H14N2O3. The van der Waals surface area contributed by atoms with Crippen molar-refractivity contribution in [3.63, 3.8) is 0 Å². The number of anilines is 1. The summed E-state index contributed by atoms with van der Waals surface area (Å²) in [7, 11) is 0. The molecule has 0 aromatic carbocycles.